The van der Waals surface area contributed by atoms with Crippen LogP contribution in [-0.2, 0) is 12.8 Å². The van der Waals surface area contributed by atoms with Gasteiger partial charge >= 0.3 is 0 Å². The maximum atomic E-state index is 6.38. The molecular weight excluding hydrogens is 453 g/mol. The van der Waals surface area contributed by atoms with Crippen LogP contribution >= 0.6 is 43.5 Å². The molecule has 1 saturated heterocycles. The van der Waals surface area contributed by atoms with Gasteiger partial charge < -0.3 is 5.32 Å². The maximum Gasteiger partial charge on any atom is 0.0783 e. The van der Waals surface area contributed by atoms with Gasteiger partial charge in [0.05, 0.1) is 16.8 Å². The van der Waals surface area contributed by atoms with Gasteiger partial charge in [0.25, 0.3) is 0 Å². The second kappa shape index (κ2) is 7.04. The molecule has 1 aromatic heterocycles. The van der Waals surface area contributed by atoms with E-state index in [1.165, 1.54) is 22.4 Å². The van der Waals surface area contributed by atoms with Crippen molar-refractivity contribution in [1.82, 2.24) is 15.2 Å². The van der Waals surface area contributed by atoms with Crippen LogP contribution in [0.3, 0.4) is 0 Å². The Morgan fingerprint density at radius 3 is 2.75 bits per heavy atom. The number of nitrogens with zero attached hydrogens (tertiary/aromatic N) is 2. The molecule has 2 aromatic rings. The molecule has 0 unspecified atom stereocenters. The number of hydrogen-bond acceptors (Lipinski definition) is 3. The van der Waals surface area contributed by atoms with Gasteiger partial charge in [0.2, 0.25) is 0 Å². The van der Waals surface area contributed by atoms with Crippen molar-refractivity contribution in [3.8, 4) is 0 Å². The Bertz CT molecular complexity index is 775. The molecule has 3 nitrogen and oxygen atoms in total. The van der Waals surface area contributed by atoms with Crippen molar-refractivity contribution in [2.45, 2.75) is 18.9 Å². The van der Waals surface area contributed by atoms with Gasteiger partial charge in [0.15, 0.2) is 0 Å². The van der Waals surface area contributed by atoms with Crippen LogP contribution in [0.15, 0.2) is 33.3 Å². The van der Waals surface area contributed by atoms with E-state index in [2.05, 4.69) is 54.2 Å². The van der Waals surface area contributed by atoms with Gasteiger partial charge in [-0.15, -0.1) is 0 Å². The van der Waals surface area contributed by atoms with E-state index < -0.39 is 0 Å². The number of halogens is 3. The van der Waals surface area contributed by atoms with Gasteiger partial charge in [-0.3, -0.25) is 9.88 Å². The standard InChI is InChI=1S/C18H18Br2ClN3/c19-12-9-11-1-2-13-14(3-4-15(21)16(13)20)18(17(11)23-10-12)24-7-5-22-6-8-24/h3-4,9-10,18,22H,1-2,5-8H2/t18-/m0/s1. The Balaban J connectivity index is 1.90. The summed E-state index contributed by atoms with van der Waals surface area (Å²) in [5, 5.41) is 4.23. The largest absolute Gasteiger partial charge is 0.314 e. The zero-order valence-corrected chi connectivity index (χ0v) is 17.1. The summed E-state index contributed by atoms with van der Waals surface area (Å²) in [5.74, 6) is 0. The van der Waals surface area contributed by atoms with E-state index in [1.54, 1.807) is 0 Å². The molecule has 2 heterocycles. The Hall–Kier alpha value is -0.460. The van der Waals surface area contributed by atoms with Crippen LogP contribution in [0, 0.1) is 0 Å². The molecule has 1 aromatic carbocycles. The van der Waals surface area contributed by atoms with Crippen molar-refractivity contribution in [2.75, 3.05) is 26.2 Å². The van der Waals surface area contributed by atoms with Gasteiger partial charge in [-0.2, -0.15) is 0 Å². The SMILES string of the molecule is Clc1ccc2c(c1Br)CCc1cc(Br)cnc1[C@H]2N1CCNCC1. The molecule has 1 atom stereocenters. The predicted molar refractivity (Wildman–Crippen MR) is 105 cm³/mol. The fourth-order valence-corrected chi connectivity index (χ4v) is 4.89. The molecule has 1 aliphatic carbocycles. The van der Waals surface area contributed by atoms with Crippen LogP contribution in [-0.4, -0.2) is 36.1 Å². The molecule has 0 saturated carbocycles. The number of piperazine rings is 1. The molecule has 1 aliphatic heterocycles. The van der Waals surface area contributed by atoms with Crippen molar-refractivity contribution in [3.63, 3.8) is 0 Å². The van der Waals surface area contributed by atoms with Crippen molar-refractivity contribution < 1.29 is 0 Å². The lowest BCUT2D eigenvalue weighted by Gasteiger charge is -2.36. The Morgan fingerprint density at radius 2 is 1.96 bits per heavy atom. The quantitative estimate of drug-likeness (QED) is 0.670. The summed E-state index contributed by atoms with van der Waals surface area (Å²) < 4.78 is 2.08. The van der Waals surface area contributed by atoms with E-state index >= 15 is 0 Å². The fraction of sp³-hybridized carbons (Fsp3) is 0.389. The van der Waals surface area contributed by atoms with Gasteiger partial charge in [0.1, 0.15) is 0 Å². The monoisotopic (exact) mass is 469 g/mol. The molecule has 0 amide bonds. The first-order valence-electron chi connectivity index (χ1n) is 8.21. The Morgan fingerprint density at radius 1 is 1.17 bits per heavy atom. The minimum Gasteiger partial charge on any atom is -0.314 e. The zero-order chi connectivity index (χ0) is 16.7. The number of pyridine rings is 1. The summed E-state index contributed by atoms with van der Waals surface area (Å²) >= 11 is 13.7. The molecule has 4 rings (SSSR count). The average Bonchev–Trinajstić information content (AvgIpc) is 2.76. The van der Waals surface area contributed by atoms with Crippen molar-refractivity contribution in [1.29, 1.82) is 0 Å². The zero-order valence-electron chi connectivity index (χ0n) is 13.2. The van der Waals surface area contributed by atoms with Gasteiger partial charge in [-0.1, -0.05) is 17.7 Å². The maximum absolute atomic E-state index is 6.38. The molecule has 1 fully saturated rings. The van der Waals surface area contributed by atoms with E-state index in [0.29, 0.717) is 0 Å². The summed E-state index contributed by atoms with van der Waals surface area (Å²) in [5.41, 5.74) is 5.17. The first-order valence-corrected chi connectivity index (χ1v) is 10.2. The molecule has 2 aliphatic rings. The molecular formula is C18H18Br2ClN3. The fourth-order valence-electron chi connectivity index (χ4n) is 3.77. The highest BCUT2D eigenvalue weighted by Gasteiger charge is 2.32. The van der Waals surface area contributed by atoms with Crippen molar-refractivity contribution in [3.05, 3.63) is 60.7 Å². The predicted octanol–water partition coefficient (Wildman–Crippen LogP) is 4.35. The second-order valence-electron chi connectivity index (χ2n) is 6.32. The van der Waals surface area contributed by atoms with Crippen LogP contribution in [0.1, 0.15) is 28.4 Å². The van der Waals surface area contributed by atoms with Crippen LogP contribution in [0.2, 0.25) is 5.02 Å². The van der Waals surface area contributed by atoms with E-state index in [1.807, 2.05) is 12.3 Å². The van der Waals surface area contributed by atoms with Gasteiger partial charge in [-0.05, 0) is 73.5 Å². The molecule has 1 N–H and O–H groups in total. The molecule has 24 heavy (non-hydrogen) atoms. The first kappa shape index (κ1) is 17.0. The highest BCUT2D eigenvalue weighted by Crippen LogP contribution is 2.41. The number of benzene rings is 1. The Kier molecular flexibility index (Phi) is 4.98. The smallest absolute Gasteiger partial charge is 0.0783 e. The lowest BCUT2D eigenvalue weighted by Crippen LogP contribution is -2.45. The number of aromatic nitrogens is 1. The van der Waals surface area contributed by atoms with Crippen LogP contribution in [0.5, 0.6) is 0 Å². The topological polar surface area (TPSA) is 28.2 Å². The second-order valence-corrected chi connectivity index (χ2v) is 8.43. The highest BCUT2D eigenvalue weighted by molar-refractivity contribution is 9.10. The Labute approximate surface area is 164 Å². The third-order valence-corrected chi connectivity index (χ3v) is 6.80. The molecule has 0 spiro atoms. The summed E-state index contributed by atoms with van der Waals surface area (Å²) in [4.78, 5) is 7.37. The van der Waals surface area contributed by atoms with E-state index in [-0.39, 0.29) is 6.04 Å². The summed E-state index contributed by atoms with van der Waals surface area (Å²) in [6, 6.07) is 6.61. The average molecular weight is 472 g/mol. The highest BCUT2D eigenvalue weighted by atomic mass is 79.9. The van der Waals surface area contributed by atoms with Gasteiger partial charge in [0, 0.05) is 41.3 Å². The lowest BCUT2D eigenvalue weighted by molar-refractivity contribution is 0.195. The minimum atomic E-state index is 0.196. The van der Waals surface area contributed by atoms with E-state index in [9.17, 15) is 0 Å². The molecule has 6 heteroatoms. The third kappa shape index (κ3) is 3.06. The summed E-state index contributed by atoms with van der Waals surface area (Å²) in [7, 11) is 0. The number of fused-ring (bicyclic) bond motifs is 2. The lowest BCUT2D eigenvalue weighted by atomic mass is 9.96. The van der Waals surface area contributed by atoms with Crippen LogP contribution in [0.4, 0.5) is 0 Å². The third-order valence-electron chi connectivity index (χ3n) is 4.92. The minimum absolute atomic E-state index is 0.196. The first-order chi connectivity index (χ1) is 11.6. The van der Waals surface area contributed by atoms with Crippen molar-refractivity contribution >= 4 is 43.5 Å². The number of aryl methyl sites for hydroxylation is 1. The van der Waals surface area contributed by atoms with Crippen molar-refractivity contribution in [2.24, 2.45) is 0 Å². The summed E-state index contributed by atoms with van der Waals surface area (Å²) in [6.07, 6.45) is 3.88. The molecule has 0 radical (unpaired) electrons. The molecule has 0 bridgehead atoms. The molecule has 126 valence electrons. The van der Waals surface area contributed by atoms with Gasteiger partial charge in [-0.25, -0.2) is 0 Å². The number of hydrogen-bond donors (Lipinski definition) is 1. The number of nitrogens with one attached hydrogen (secondary N) is 1. The number of rotatable bonds is 1. The van der Waals surface area contributed by atoms with Crippen LogP contribution in [0.25, 0.3) is 0 Å². The normalized spacial score (nSPS) is 21.0. The van der Waals surface area contributed by atoms with Crippen LogP contribution < -0.4 is 5.32 Å². The summed E-state index contributed by atoms with van der Waals surface area (Å²) in [6.45, 7) is 4.10. The van der Waals surface area contributed by atoms with E-state index in [0.717, 1.165) is 53.0 Å². The van der Waals surface area contributed by atoms with E-state index in [4.69, 9.17) is 16.6 Å².